The molecule has 5 heteroatoms. The minimum atomic E-state index is -0.0449. The minimum Gasteiger partial charge on any atom is -0.293 e. The molecule has 3 aromatic heterocycles. The molecule has 0 radical (unpaired) electrons. The molecule has 3 rings (SSSR count). The van der Waals surface area contributed by atoms with Crippen LogP contribution in [-0.4, -0.2) is 14.5 Å². The van der Waals surface area contributed by atoms with Gasteiger partial charge in [-0.05, 0) is 23.6 Å². The van der Waals surface area contributed by atoms with Crippen molar-refractivity contribution < 1.29 is 0 Å². The van der Waals surface area contributed by atoms with Gasteiger partial charge in [-0.3, -0.25) is 9.36 Å². The van der Waals surface area contributed by atoms with Gasteiger partial charge >= 0.3 is 0 Å². The van der Waals surface area contributed by atoms with Gasteiger partial charge in [0.25, 0.3) is 5.56 Å². The zero-order valence-electron chi connectivity index (χ0n) is 8.91. The highest BCUT2D eigenvalue weighted by molar-refractivity contribution is 7.09. The Morgan fingerprint density at radius 3 is 3.00 bits per heavy atom. The molecule has 0 spiro atoms. The van der Waals surface area contributed by atoms with Crippen LogP contribution in [-0.2, 0) is 6.54 Å². The molecule has 0 atom stereocenters. The molecule has 3 aromatic rings. The van der Waals surface area contributed by atoms with Gasteiger partial charge in [-0.2, -0.15) is 0 Å². The number of fused-ring (bicyclic) bond motifs is 1. The Bertz CT molecular complexity index is 703. The van der Waals surface area contributed by atoms with Crippen molar-refractivity contribution in [1.82, 2.24) is 14.5 Å². The predicted molar refractivity (Wildman–Crippen MR) is 67.2 cm³/mol. The summed E-state index contributed by atoms with van der Waals surface area (Å²) in [5, 5.41) is 2.56. The van der Waals surface area contributed by atoms with Gasteiger partial charge in [0.15, 0.2) is 5.65 Å². The van der Waals surface area contributed by atoms with E-state index in [9.17, 15) is 4.79 Å². The lowest BCUT2D eigenvalue weighted by atomic mass is 10.3. The summed E-state index contributed by atoms with van der Waals surface area (Å²) >= 11 is 1.63. The van der Waals surface area contributed by atoms with Crippen molar-refractivity contribution >= 4 is 22.4 Å². The summed E-state index contributed by atoms with van der Waals surface area (Å²) < 4.78 is 1.61. The van der Waals surface area contributed by atoms with Crippen LogP contribution in [0.4, 0.5) is 0 Å². The first kappa shape index (κ1) is 10.2. The van der Waals surface area contributed by atoms with E-state index in [1.165, 1.54) is 0 Å². The Hall–Kier alpha value is -2.01. The second kappa shape index (κ2) is 4.10. The minimum absolute atomic E-state index is 0.0449. The first-order valence-corrected chi connectivity index (χ1v) is 6.05. The van der Waals surface area contributed by atoms with Crippen LogP contribution in [0, 0.1) is 0 Å². The molecule has 0 aliphatic heterocycles. The van der Waals surface area contributed by atoms with Crippen molar-refractivity contribution in [2.24, 2.45) is 0 Å². The summed E-state index contributed by atoms with van der Waals surface area (Å²) in [6.45, 7) is 0.564. The van der Waals surface area contributed by atoms with Crippen molar-refractivity contribution in [1.29, 1.82) is 0 Å². The molecular weight excluding hydrogens is 234 g/mol. The molecule has 0 N–H and O–H groups in total. The molecule has 3 heterocycles. The van der Waals surface area contributed by atoms with Crippen LogP contribution in [0.2, 0.25) is 0 Å². The highest BCUT2D eigenvalue weighted by Gasteiger charge is 2.04. The zero-order valence-corrected chi connectivity index (χ0v) is 9.72. The lowest BCUT2D eigenvalue weighted by Gasteiger charge is -2.03. The van der Waals surface area contributed by atoms with Crippen molar-refractivity contribution in [2.75, 3.05) is 0 Å². The van der Waals surface area contributed by atoms with E-state index in [1.54, 1.807) is 40.6 Å². The molecule has 84 valence electrons. The topological polar surface area (TPSA) is 47.8 Å². The van der Waals surface area contributed by atoms with Crippen molar-refractivity contribution in [3.05, 3.63) is 57.4 Å². The molecule has 17 heavy (non-hydrogen) atoms. The SMILES string of the molecule is O=c1c2cccnc2ncn1Cc1cccs1. The van der Waals surface area contributed by atoms with E-state index < -0.39 is 0 Å². The third kappa shape index (κ3) is 1.85. The fourth-order valence-corrected chi connectivity index (χ4v) is 2.38. The van der Waals surface area contributed by atoms with Crippen LogP contribution in [0.3, 0.4) is 0 Å². The van der Waals surface area contributed by atoms with E-state index in [0.29, 0.717) is 17.6 Å². The van der Waals surface area contributed by atoms with Gasteiger partial charge in [0.05, 0.1) is 11.9 Å². The average Bonchev–Trinajstić information content (AvgIpc) is 2.86. The molecule has 0 aliphatic rings. The smallest absolute Gasteiger partial charge is 0.263 e. The molecule has 4 nitrogen and oxygen atoms in total. The summed E-state index contributed by atoms with van der Waals surface area (Å²) in [5.74, 6) is 0. The van der Waals surface area contributed by atoms with E-state index in [4.69, 9.17) is 0 Å². The number of pyridine rings is 1. The average molecular weight is 243 g/mol. The lowest BCUT2D eigenvalue weighted by Crippen LogP contribution is -2.21. The first-order chi connectivity index (χ1) is 8.34. The van der Waals surface area contributed by atoms with Crippen LogP contribution in [0.5, 0.6) is 0 Å². The normalized spacial score (nSPS) is 10.8. The standard InChI is InChI=1S/C12H9N3OS/c16-12-10-4-1-5-13-11(10)14-8-15(12)7-9-3-2-6-17-9/h1-6,8H,7H2. The summed E-state index contributed by atoms with van der Waals surface area (Å²) in [5.41, 5.74) is 0.455. The van der Waals surface area contributed by atoms with Gasteiger partial charge in [0.1, 0.15) is 6.33 Å². The van der Waals surface area contributed by atoms with Crippen molar-refractivity contribution in [2.45, 2.75) is 6.54 Å². The quantitative estimate of drug-likeness (QED) is 0.690. The number of nitrogens with zero attached hydrogens (tertiary/aromatic N) is 3. The highest BCUT2D eigenvalue weighted by atomic mass is 32.1. The van der Waals surface area contributed by atoms with E-state index in [-0.39, 0.29) is 5.56 Å². The molecule has 0 amide bonds. The third-order valence-corrected chi connectivity index (χ3v) is 3.36. The third-order valence-electron chi connectivity index (χ3n) is 2.50. The van der Waals surface area contributed by atoms with Gasteiger partial charge in [-0.25, -0.2) is 9.97 Å². The molecule has 0 aliphatic carbocycles. The van der Waals surface area contributed by atoms with E-state index in [0.717, 1.165) is 4.88 Å². The molecule has 0 bridgehead atoms. The van der Waals surface area contributed by atoms with Crippen LogP contribution < -0.4 is 5.56 Å². The van der Waals surface area contributed by atoms with Gasteiger partial charge in [-0.1, -0.05) is 6.07 Å². The summed E-state index contributed by atoms with van der Waals surface area (Å²) in [4.78, 5) is 21.5. The maximum Gasteiger partial charge on any atom is 0.263 e. The Morgan fingerprint density at radius 2 is 2.18 bits per heavy atom. The molecule has 0 unspecified atom stereocenters. The number of hydrogen-bond donors (Lipinski definition) is 0. The zero-order chi connectivity index (χ0) is 11.7. The van der Waals surface area contributed by atoms with Crippen LogP contribution in [0.1, 0.15) is 4.88 Å². The molecule has 0 saturated heterocycles. The fourth-order valence-electron chi connectivity index (χ4n) is 1.68. The van der Waals surface area contributed by atoms with E-state index in [2.05, 4.69) is 9.97 Å². The Balaban J connectivity index is 2.12. The van der Waals surface area contributed by atoms with Crippen molar-refractivity contribution in [3.8, 4) is 0 Å². The largest absolute Gasteiger partial charge is 0.293 e. The number of hydrogen-bond acceptors (Lipinski definition) is 4. The van der Waals surface area contributed by atoms with E-state index >= 15 is 0 Å². The molecule has 0 saturated carbocycles. The second-order valence-corrected chi connectivity index (χ2v) is 4.66. The predicted octanol–water partition coefficient (Wildman–Crippen LogP) is 1.90. The van der Waals surface area contributed by atoms with Gasteiger partial charge < -0.3 is 0 Å². The van der Waals surface area contributed by atoms with Gasteiger partial charge in [-0.15, -0.1) is 11.3 Å². The summed E-state index contributed by atoms with van der Waals surface area (Å²) in [6.07, 6.45) is 3.19. The Kier molecular flexibility index (Phi) is 2.45. The Labute approximate surface area is 101 Å². The monoisotopic (exact) mass is 243 g/mol. The Morgan fingerprint density at radius 1 is 1.24 bits per heavy atom. The fraction of sp³-hybridized carbons (Fsp3) is 0.0833. The van der Waals surface area contributed by atoms with E-state index in [1.807, 2.05) is 17.5 Å². The maximum atomic E-state index is 12.1. The lowest BCUT2D eigenvalue weighted by molar-refractivity contribution is 0.756. The highest BCUT2D eigenvalue weighted by Crippen LogP contribution is 2.10. The second-order valence-electron chi connectivity index (χ2n) is 3.63. The van der Waals surface area contributed by atoms with Crippen LogP contribution in [0.15, 0.2) is 47.0 Å². The molecule has 0 aromatic carbocycles. The summed E-state index contributed by atoms with van der Waals surface area (Å²) in [7, 11) is 0. The number of thiophene rings is 1. The van der Waals surface area contributed by atoms with Gasteiger partial charge in [0.2, 0.25) is 0 Å². The first-order valence-electron chi connectivity index (χ1n) is 5.17. The summed E-state index contributed by atoms with van der Waals surface area (Å²) in [6, 6.07) is 7.48. The molecule has 0 fully saturated rings. The molecular formula is C12H9N3OS. The van der Waals surface area contributed by atoms with Crippen LogP contribution >= 0.6 is 11.3 Å². The van der Waals surface area contributed by atoms with Gasteiger partial charge in [0, 0.05) is 11.1 Å². The van der Waals surface area contributed by atoms with Crippen molar-refractivity contribution in [3.63, 3.8) is 0 Å². The maximum absolute atomic E-state index is 12.1. The van der Waals surface area contributed by atoms with Crippen LogP contribution in [0.25, 0.3) is 11.0 Å². The number of rotatable bonds is 2. The number of aromatic nitrogens is 3.